The molecule has 0 radical (unpaired) electrons. The lowest BCUT2D eigenvalue weighted by molar-refractivity contribution is 0.205. The Bertz CT molecular complexity index is 999. The molecule has 1 unspecified atom stereocenters. The second-order valence-electron chi connectivity index (χ2n) is 8.12. The molecule has 140 valence electrons. The first-order chi connectivity index (χ1) is 12.9. The molecule has 2 heterocycles. The van der Waals surface area contributed by atoms with Crippen LogP contribution in [-0.4, -0.2) is 23.5 Å². The quantitative estimate of drug-likeness (QED) is 0.620. The molecule has 3 aromatic rings. The predicted octanol–water partition coefficient (Wildman–Crippen LogP) is 5.81. The molecule has 2 nitrogen and oxygen atoms in total. The van der Waals surface area contributed by atoms with E-state index in [0.29, 0.717) is 0 Å². The standard InChI is InChI=1S/C24H27FN2/c1-5-24(13-17(3)18-7-9-19(25)10-8-18)15-27(4)14-21-20-12-16(2)6-11-22(20)26-23(21)24/h6-12,26H,3,5,13-15H2,1-2,4H3. The van der Waals surface area contributed by atoms with Crippen LogP contribution in [-0.2, 0) is 12.0 Å². The van der Waals surface area contributed by atoms with Crippen LogP contribution in [0.15, 0.2) is 49.0 Å². The molecular formula is C24H27FN2. The predicted molar refractivity (Wildman–Crippen MR) is 111 cm³/mol. The topological polar surface area (TPSA) is 19.0 Å². The Balaban J connectivity index is 1.79. The number of allylic oxidation sites excluding steroid dienone is 1. The maximum Gasteiger partial charge on any atom is 0.123 e. The molecule has 27 heavy (non-hydrogen) atoms. The number of aryl methyl sites for hydroxylation is 1. The number of aromatic amines is 1. The minimum absolute atomic E-state index is 0.0132. The normalized spacial score (nSPS) is 20.0. The number of hydrogen-bond donors (Lipinski definition) is 1. The first-order valence-corrected chi connectivity index (χ1v) is 9.66. The van der Waals surface area contributed by atoms with Gasteiger partial charge in [0, 0.05) is 35.1 Å². The molecule has 0 bridgehead atoms. The van der Waals surface area contributed by atoms with Crippen LogP contribution in [0.5, 0.6) is 0 Å². The third kappa shape index (κ3) is 3.10. The van der Waals surface area contributed by atoms with Crippen LogP contribution in [0.3, 0.4) is 0 Å². The van der Waals surface area contributed by atoms with Crippen molar-refractivity contribution in [2.45, 2.75) is 38.6 Å². The molecule has 1 N–H and O–H groups in total. The average Bonchev–Trinajstić information content (AvgIpc) is 3.00. The van der Waals surface area contributed by atoms with Crippen molar-refractivity contribution in [1.29, 1.82) is 0 Å². The number of likely N-dealkylation sites (N-methyl/N-ethyl adjacent to an activating group) is 1. The van der Waals surface area contributed by atoms with Gasteiger partial charge in [-0.15, -0.1) is 0 Å². The molecule has 0 saturated carbocycles. The Morgan fingerprint density at radius 2 is 1.96 bits per heavy atom. The van der Waals surface area contributed by atoms with Gasteiger partial charge in [-0.2, -0.15) is 0 Å². The van der Waals surface area contributed by atoms with Gasteiger partial charge >= 0.3 is 0 Å². The van der Waals surface area contributed by atoms with Crippen molar-refractivity contribution < 1.29 is 4.39 Å². The summed E-state index contributed by atoms with van der Waals surface area (Å²) in [5.41, 5.74) is 7.34. The highest BCUT2D eigenvalue weighted by Gasteiger charge is 2.40. The van der Waals surface area contributed by atoms with Crippen LogP contribution in [0, 0.1) is 12.7 Å². The summed E-state index contributed by atoms with van der Waals surface area (Å²) >= 11 is 0. The highest BCUT2D eigenvalue weighted by molar-refractivity contribution is 5.86. The second kappa shape index (κ2) is 6.65. The highest BCUT2D eigenvalue weighted by Crippen LogP contribution is 2.44. The molecule has 4 rings (SSSR count). The van der Waals surface area contributed by atoms with Gasteiger partial charge in [0.25, 0.3) is 0 Å². The monoisotopic (exact) mass is 362 g/mol. The molecule has 1 atom stereocenters. The zero-order valence-electron chi connectivity index (χ0n) is 16.4. The average molecular weight is 362 g/mol. The largest absolute Gasteiger partial charge is 0.358 e. The Morgan fingerprint density at radius 1 is 1.22 bits per heavy atom. The Morgan fingerprint density at radius 3 is 2.67 bits per heavy atom. The molecule has 0 spiro atoms. The van der Waals surface area contributed by atoms with Gasteiger partial charge in [0.05, 0.1) is 0 Å². The zero-order chi connectivity index (χ0) is 19.2. The number of aromatic nitrogens is 1. The van der Waals surface area contributed by atoms with Gasteiger partial charge in [-0.1, -0.05) is 37.3 Å². The van der Waals surface area contributed by atoms with Crippen molar-refractivity contribution in [3.8, 4) is 0 Å². The van der Waals surface area contributed by atoms with Gasteiger partial charge in [0.15, 0.2) is 0 Å². The Kier molecular flexibility index (Phi) is 4.43. The number of nitrogens with one attached hydrogen (secondary N) is 1. The van der Waals surface area contributed by atoms with Gasteiger partial charge in [-0.25, -0.2) is 4.39 Å². The summed E-state index contributed by atoms with van der Waals surface area (Å²) < 4.78 is 13.3. The molecule has 3 heteroatoms. The second-order valence-corrected chi connectivity index (χ2v) is 8.12. The van der Waals surface area contributed by atoms with E-state index in [1.807, 2.05) is 12.1 Å². The van der Waals surface area contributed by atoms with Crippen LogP contribution in [0.1, 0.15) is 42.1 Å². The first-order valence-electron chi connectivity index (χ1n) is 9.66. The van der Waals surface area contributed by atoms with Crippen LogP contribution in [0.25, 0.3) is 16.5 Å². The van der Waals surface area contributed by atoms with Crippen molar-refractivity contribution in [3.63, 3.8) is 0 Å². The molecule has 0 fully saturated rings. The maximum absolute atomic E-state index is 13.3. The van der Waals surface area contributed by atoms with E-state index >= 15 is 0 Å². The molecule has 0 aliphatic carbocycles. The smallest absolute Gasteiger partial charge is 0.123 e. The van der Waals surface area contributed by atoms with E-state index in [9.17, 15) is 4.39 Å². The highest BCUT2D eigenvalue weighted by atomic mass is 19.1. The summed E-state index contributed by atoms with van der Waals surface area (Å²) in [6.45, 7) is 10.7. The SMILES string of the molecule is C=C(CC1(CC)CN(C)Cc2c1[nH]c1ccc(C)cc21)c1ccc(F)cc1. The van der Waals surface area contributed by atoms with Gasteiger partial charge < -0.3 is 9.88 Å². The molecule has 1 aliphatic rings. The van der Waals surface area contributed by atoms with Crippen LogP contribution >= 0.6 is 0 Å². The van der Waals surface area contributed by atoms with Crippen molar-refractivity contribution in [3.05, 3.63) is 77.2 Å². The van der Waals surface area contributed by atoms with Crippen LogP contribution in [0.4, 0.5) is 4.39 Å². The first kappa shape index (κ1) is 18.0. The lowest BCUT2D eigenvalue weighted by Gasteiger charge is -2.41. The number of H-pyrrole nitrogens is 1. The third-order valence-corrected chi connectivity index (χ3v) is 6.07. The van der Waals surface area contributed by atoms with E-state index in [1.165, 1.54) is 39.9 Å². The number of hydrogen-bond acceptors (Lipinski definition) is 1. The fraction of sp³-hybridized carbons (Fsp3) is 0.333. The molecule has 0 amide bonds. The number of halogens is 1. The van der Waals surface area contributed by atoms with E-state index in [-0.39, 0.29) is 11.2 Å². The summed E-state index contributed by atoms with van der Waals surface area (Å²) in [6, 6.07) is 13.4. The molecule has 0 saturated heterocycles. The van der Waals surface area contributed by atoms with E-state index in [2.05, 4.69) is 55.6 Å². The molecule has 1 aliphatic heterocycles. The molecule has 1 aromatic heterocycles. The number of fused-ring (bicyclic) bond motifs is 3. The van der Waals surface area contributed by atoms with Gasteiger partial charge in [-0.3, -0.25) is 0 Å². The summed E-state index contributed by atoms with van der Waals surface area (Å²) in [5, 5.41) is 1.33. The number of rotatable bonds is 4. The van der Waals surface area contributed by atoms with E-state index < -0.39 is 0 Å². The maximum atomic E-state index is 13.3. The lowest BCUT2D eigenvalue weighted by Crippen LogP contribution is -2.43. The number of nitrogens with zero attached hydrogens (tertiary/aromatic N) is 1. The fourth-order valence-corrected chi connectivity index (χ4v) is 4.65. The molecular weight excluding hydrogens is 335 g/mol. The minimum Gasteiger partial charge on any atom is -0.358 e. The lowest BCUT2D eigenvalue weighted by atomic mass is 9.71. The van der Waals surface area contributed by atoms with Crippen molar-refractivity contribution in [2.24, 2.45) is 0 Å². The fourth-order valence-electron chi connectivity index (χ4n) is 4.65. The van der Waals surface area contributed by atoms with Crippen LogP contribution < -0.4 is 0 Å². The van der Waals surface area contributed by atoms with Crippen LogP contribution in [0.2, 0.25) is 0 Å². The van der Waals surface area contributed by atoms with Gasteiger partial charge in [0.1, 0.15) is 5.82 Å². The summed E-state index contributed by atoms with van der Waals surface area (Å²) in [5.74, 6) is -0.206. The summed E-state index contributed by atoms with van der Waals surface area (Å²) in [6.07, 6.45) is 1.88. The van der Waals surface area contributed by atoms with E-state index in [0.717, 1.165) is 37.1 Å². The Hall–Kier alpha value is -2.39. The van der Waals surface area contributed by atoms with Gasteiger partial charge in [0.2, 0.25) is 0 Å². The Labute approximate surface area is 160 Å². The molecule has 2 aromatic carbocycles. The summed E-state index contributed by atoms with van der Waals surface area (Å²) in [4.78, 5) is 6.16. The number of benzene rings is 2. The van der Waals surface area contributed by atoms with Crippen molar-refractivity contribution in [1.82, 2.24) is 9.88 Å². The van der Waals surface area contributed by atoms with Crippen molar-refractivity contribution in [2.75, 3.05) is 13.6 Å². The van der Waals surface area contributed by atoms with E-state index in [4.69, 9.17) is 0 Å². The third-order valence-electron chi connectivity index (χ3n) is 6.07. The summed E-state index contributed by atoms with van der Waals surface area (Å²) in [7, 11) is 2.20. The van der Waals surface area contributed by atoms with E-state index in [1.54, 1.807) is 0 Å². The zero-order valence-corrected chi connectivity index (χ0v) is 16.4. The van der Waals surface area contributed by atoms with Crippen molar-refractivity contribution >= 4 is 16.5 Å². The minimum atomic E-state index is -0.206. The van der Waals surface area contributed by atoms with Gasteiger partial charge in [-0.05, 0) is 67.8 Å².